The van der Waals surface area contributed by atoms with Crippen LogP contribution in [0.15, 0.2) is 0 Å². The van der Waals surface area contributed by atoms with Crippen molar-refractivity contribution in [2.24, 2.45) is 17.6 Å². The first-order valence-electron chi connectivity index (χ1n) is 11.0. The highest BCUT2D eigenvalue weighted by Crippen LogP contribution is 2.30. The zero-order valence-electron chi connectivity index (χ0n) is 16.4. The lowest BCUT2D eigenvalue weighted by atomic mass is 9.82. The minimum Gasteiger partial charge on any atom is -0.329 e. The molecule has 2 aliphatic carbocycles. The molecule has 0 radical (unpaired) electrons. The Balaban J connectivity index is 0.00000312. The van der Waals surface area contributed by atoms with Crippen molar-refractivity contribution in [2.45, 2.75) is 95.9 Å². The van der Waals surface area contributed by atoms with Crippen LogP contribution in [0.1, 0.15) is 89.9 Å². The Morgan fingerprint density at radius 3 is 1.72 bits per heavy atom. The van der Waals surface area contributed by atoms with Crippen LogP contribution in [0, 0.1) is 11.8 Å². The molecular formula is C21H44ClN3. The Hall–Kier alpha value is 0.170. The summed E-state index contributed by atoms with van der Waals surface area (Å²) >= 11 is 0. The number of halogens is 1. The predicted octanol–water partition coefficient (Wildman–Crippen LogP) is 4.64. The Morgan fingerprint density at radius 1 is 0.720 bits per heavy atom. The van der Waals surface area contributed by atoms with Crippen molar-refractivity contribution >= 4 is 12.4 Å². The fourth-order valence-corrected chi connectivity index (χ4v) is 4.77. The number of nitrogens with two attached hydrogens (primary N) is 1. The van der Waals surface area contributed by atoms with Gasteiger partial charge in [-0.05, 0) is 37.5 Å². The van der Waals surface area contributed by atoms with Crippen molar-refractivity contribution in [3.05, 3.63) is 0 Å². The molecule has 150 valence electrons. The lowest BCUT2D eigenvalue weighted by Crippen LogP contribution is -2.37. The molecule has 3 nitrogen and oxygen atoms in total. The third-order valence-electron chi connectivity index (χ3n) is 6.35. The van der Waals surface area contributed by atoms with Gasteiger partial charge in [0.15, 0.2) is 0 Å². The molecule has 0 aliphatic heterocycles. The second kappa shape index (κ2) is 15.2. The van der Waals surface area contributed by atoms with E-state index in [4.69, 9.17) is 5.73 Å². The summed E-state index contributed by atoms with van der Waals surface area (Å²) < 4.78 is 0. The van der Waals surface area contributed by atoms with E-state index in [1.807, 2.05) is 0 Å². The quantitative estimate of drug-likeness (QED) is 0.437. The van der Waals surface area contributed by atoms with Crippen LogP contribution in [0.2, 0.25) is 0 Å². The second-order valence-corrected chi connectivity index (χ2v) is 8.35. The van der Waals surface area contributed by atoms with Crippen molar-refractivity contribution in [2.75, 3.05) is 26.2 Å². The lowest BCUT2D eigenvalue weighted by Gasteiger charge is -2.27. The molecule has 0 spiro atoms. The number of rotatable bonds is 12. The molecule has 0 atom stereocenters. The Labute approximate surface area is 163 Å². The molecule has 0 unspecified atom stereocenters. The SMILES string of the molecule is Cl.NCCNCCNC(CCC1CCCCC1)CCC1CCCCC1. The second-order valence-electron chi connectivity index (χ2n) is 8.35. The van der Waals surface area contributed by atoms with Crippen LogP contribution in [-0.2, 0) is 0 Å². The summed E-state index contributed by atoms with van der Waals surface area (Å²) in [6.45, 7) is 3.84. The molecular weight excluding hydrogens is 330 g/mol. The summed E-state index contributed by atoms with van der Waals surface area (Å²) in [7, 11) is 0. The topological polar surface area (TPSA) is 50.1 Å². The fraction of sp³-hybridized carbons (Fsp3) is 1.00. The normalized spacial score (nSPS) is 19.9. The molecule has 0 saturated heterocycles. The third kappa shape index (κ3) is 10.8. The van der Waals surface area contributed by atoms with Crippen molar-refractivity contribution in [3.63, 3.8) is 0 Å². The highest BCUT2D eigenvalue weighted by atomic mass is 35.5. The van der Waals surface area contributed by atoms with Gasteiger partial charge in [0.25, 0.3) is 0 Å². The van der Waals surface area contributed by atoms with Crippen LogP contribution in [-0.4, -0.2) is 32.2 Å². The van der Waals surface area contributed by atoms with Crippen LogP contribution in [0.4, 0.5) is 0 Å². The van der Waals surface area contributed by atoms with E-state index in [-0.39, 0.29) is 12.4 Å². The molecule has 4 heteroatoms. The summed E-state index contributed by atoms with van der Waals surface area (Å²) in [5, 5.41) is 7.27. The summed E-state index contributed by atoms with van der Waals surface area (Å²) in [6.07, 6.45) is 20.6. The smallest absolute Gasteiger partial charge is 0.00793 e. The Morgan fingerprint density at radius 2 is 1.24 bits per heavy atom. The molecule has 0 aromatic rings. The monoisotopic (exact) mass is 373 g/mol. The van der Waals surface area contributed by atoms with Gasteiger partial charge in [0.05, 0.1) is 0 Å². The summed E-state index contributed by atoms with van der Waals surface area (Å²) in [5.41, 5.74) is 5.55. The summed E-state index contributed by atoms with van der Waals surface area (Å²) in [4.78, 5) is 0. The molecule has 2 aliphatic rings. The van der Waals surface area contributed by atoms with Crippen LogP contribution < -0.4 is 16.4 Å². The predicted molar refractivity (Wildman–Crippen MR) is 113 cm³/mol. The van der Waals surface area contributed by atoms with E-state index in [0.29, 0.717) is 0 Å². The van der Waals surface area contributed by atoms with Gasteiger partial charge in [-0.1, -0.05) is 64.2 Å². The Kier molecular flexibility index (Phi) is 14.2. The maximum atomic E-state index is 5.55. The van der Waals surface area contributed by atoms with Crippen molar-refractivity contribution in [1.82, 2.24) is 10.6 Å². The molecule has 2 rings (SSSR count). The third-order valence-corrected chi connectivity index (χ3v) is 6.35. The van der Waals surface area contributed by atoms with E-state index in [9.17, 15) is 0 Å². The van der Waals surface area contributed by atoms with Gasteiger partial charge >= 0.3 is 0 Å². The average Bonchev–Trinajstić information content (AvgIpc) is 2.65. The van der Waals surface area contributed by atoms with E-state index in [1.54, 1.807) is 0 Å². The molecule has 0 bridgehead atoms. The number of hydrogen-bond donors (Lipinski definition) is 3. The van der Waals surface area contributed by atoms with Gasteiger partial charge < -0.3 is 16.4 Å². The maximum Gasteiger partial charge on any atom is 0.00793 e. The minimum atomic E-state index is 0. The molecule has 2 fully saturated rings. The van der Waals surface area contributed by atoms with Crippen LogP contribution >= 0.6 is 12.4 Å². The van der Waals surface area contributed by atoms with Crippen molar-refractivity contribution in [1.29, 1.82) is 0 Å². The lowest BCUT2D eigenvalue weighted by molar-refractivity contribution is 0.283. The van der Waals surface area contributed by atoms with E-state index in [2.05, 4.69) is 10.6 Å². The molecule has 25 heavy (non-hydrogen) atoms. The van der Waals surface area contributed by atoms with Crippen LogP contribution in [0.3, 0.4) is 0 Å². The molecule has 0 aromatic heterocycles. The first-order valence-corrected chi connectivity index (χ1v) is 11.0. The van der Waals surface area contributed by atoms with E-state index in [0.717, 1.165) is 44.1 Å². The first kappa shape index (κ1) is 23.2. The zero-order chi connectivity index (χ0) is 16.9. The van der Waals surface area contributed by atoms with Crippen molar-refractivity contribution in [3.8, 4) is 0 Å². The molecule has 2 saturated carbocycles. The fourth-order valence-electron chi connectivity index (χ4n) is 4.77. The van der Waals surface area contributed by atoms with Gasteiger partial charge in [-0.15, -0.1) is 12.4 Å². The Bertz CT molecular complexity index is 267. The summed E-state index contributed by atoms with van der Waals surface area (Å²) in [6, 6.07) is 0.744. The van der Waals surface area contributed by atoms with E-state index < -0.39 is 0 Å². The minimum absolute atomic E-state index is 0. The highest BCUT2D eigenvalue weighted by molar-refractivity contribution is 5.85. The first-order chi connectivity index (χ1) is 11.9. The highest BCUT2D eigenvalue weighted by Gasteiger charge is 2.18. The standard InChI is InChI=1S/C21H43N3.ClH/c22-15-16-23-17-18-24-21(13-11-19-7-3-1-4-8-19)14-12-20-9-5-2-6-10-20;/h19-21,23-24H,1-18,22H2;1H. The summed E-state index contributed by atoms with van der Waals surface area (Å²) in [5.74, 6) is 2.04. The van der Waals surface area contributed by atoms with E-state index in [1.165, 1.54) is 89.9 Å². The van der Waals surface area contributed by atoms with Gasteiger partial charge in [0.2, 0.25) is 0 Å². The van der Waals surface area contributed by atoms with Gasteiger partial charge in [-0.3, -0.25) is 0 Å². The van der Waals surface area contributed by atoms with Crippen molar-refractivity contribution < 1.29 is 0 Å². The average molecular weight is 374 g/mol. The van der Waals surface area contributed by atoms with Crippen LogP contribution in [0.5, 0.6) is 0 Å². The number of nitrogens with one attached hydrogen (secondary N) is 2. The van der Waals surface area contributed by atoms with Gasteiger partial charge in [0.1, 0.15) is 0 Å². The number of hydrogen-bond acceptors (Lipinski definition) is 3. The van der Waals surface area contributed by atoms with Gasteiger partial charge in [-0.2, -0.15) is 0 Å². The molecule has 4 N–H and O–H groups in total. The van der Waals surface area contributed by atoms with E-state index >= 15 is 0 Å². The van der Waals surface area contributed by atoms with Gasteiger partial charge in [0, 0.05) is 32.2 Å². The van der Waals surface area contributed by atoms with Gasteiger partial charge in [-0.25, -0.2) is 0 Å². The molecule has 0 aromatic carbocycles. The largest absolute Gasteiger partial charge is 0.329 e. The molecule has 0 heterocycles. The zero-order valence-corrected chi connectivity index (χ0v) is 17.3. The maximum absolute atomic E-state index is 5.55. The van der Waals surface area contributed by atoms with Crippen LogP contribution in [0.25, 0.3) is 0 Å². The molecule has 0 amide bonds.